The molecule has 7 nitrogen and oxygen atoms in total. The van der Waals surface area contributed by atoms with Gasteiger partial charge in [0.25, 0.3) is 0 Å². The molecule has 8 heteroatoms. The standard InChI is InChI=1S/C25H27FN6O/c1-24(2,26)16-32-21-12-19(27-13-17(21)14-29-32)22-20(15-28-31-22)30-23(33)25(10-6-7-11-25)18-8-4-3-5-9-18/h3-5,8-9,12-15H,6-7,10-11,16H2,1-2H3,(H,28,31)(H,30,33). The fourth-order valence-electron chi connectivity index (χ4n) is 4.79. The van der Waals surface area contributed by atoms with E-state index in [2.05, 4.69) is 25.6 Å². The molecule has 2 N–H and O–H groups in total. The molecule has 3 heterocycles. The van der Waals surface area contributed by atoms with Crippen LogP contribution in [0.15, 0.2) is 55.0 Å². The van der Waals surface area contributed by atoms with Crippen molar-refractivity contribution < 1.29 is 9.18 Å². The van der Waals surface area contributed by atoms with E-state index < -0.39 is 11.1 Å². The molecule has 4 aromatic rings. The topological polar surface area (TPSA) is 88.5 Å². The largest absolute Gasteiger partial charge is 0.322 e. The third-order valence-electron chi connectivity index (χ3n) is 6.41. The molecule has 1 saturated carbocycles. The number of carbonyl (C=O) groups excluding carboxylic acids is 1. The quantitative estimate of drug-likeness (QED) is 0.435. The highest BCUT2D eigenvalue weighted by Gasteiger charge is 2.42. The number of rotatable bonds is 6. The Bertz CT molecular complexity index is 1280. The van der Waals surface area contributed by atoms with Crippen LogP contribution in [0.3, 0.4) is 0 Å². The van der Waals surface area contributed by atoms with Crippen LogP contribution in [0.1, 0.15) is 45.1 Å². The lowest BCUT2D eigenvalue weighted by atomic mass is 9.78. The van der Waals surface area contributed by atoms with Gasteiger partial charge in [-0.3, -0.25) is 19.6 Å². The Balaban J connectivity index is 1.47. The second-order valence-corrected chi connectivity index (χ2v) is 9.42. The van der Waals surface area contributed by atoms with E-state index in [9.17, 15) is 9.18 Å². The minimum atomic E-state index is -1.40. The van der Waals surface area contributed by atoms with E-state index in [1.807, 2.05) is 36.4 Å². The molecule has 0 radical (unpaired) electrons. The Kier molecular flexibility index (Phi) is 5.23. The lowest BCUT2D eigenvalue weighted by molar-refractivity contribution is -0.121. The van der Waals surface area contributed by atoms with E-state index in [1.165, 1.54) is 13.8 Å². The molecule has 1 amide bonds. The summed E-state index contributed by atoms with van der Waals surface area (Å²) in [4.78, 5) is 18.1. The maximum absolute atomic E-state index is 14.2. The van der Waals surface area contributed by atoms with Crippen molar-refractivity contribution in [2.24, 2.45) is 0 Å². The number of carbonyl (C=O) groups is 1. The predicted octanol–water partition coefficient (Wildman–Crippen LogP) is 5.02. The molecule has 1 aromatic carbocycles. The third-order valence-corrected chi connectivity index (χ3v) is 6.41. The summed E-state index contributed by atoms with van der Waals surface area (Å²) in [5.74, 6) is -0.0286. The van der Waals surface area contributed by atoms with Crippen LogP contribution in [-0.4, -0.2) is 36.5 Å². The number of fused-ring (bicyclic) bond motifs is 1. The van der Waals surface area contributed by atoms with Gasteiger partial charge in [-0.05, 0) is 38.3 Å². The van der Waals surface area contributed by atoms with E-state index in [1.54, 1.807) is 23.3 Å². The average molecular weight is 447 g/mol. The summed E-state index contributed by atoms with van der Waals surface area (Å²) in [6.07, 6.45) is 8.67. The van der Waals surface area contributed by atoms with Gasteiger partial charge in [-0.15, -0.1) is 0 Å². The summed E-state index contributed by atoms with van der Waals surface area (Å²) < 4.78 is 15.9. The molecule has 33 heavy (non-hydrogen) atoms. The highest BCUT2D eigenvalue weighted by Crippen LogP contribution is 2.42. The SMILES string of the molecule is CC(C)(F)Cn1ncc2cnc(-c3[nH]ncc3NC(=O)C3(c4ccccc4)CCCC3)cc21. The van der Waals surface area contributed by atoms with Crippen molar-refractivity contribution in [3.8, 4) is 11.4 Å². The molecule has 1 aliphatic carbocycles. The Hall–Kier alpha value is -3.55. The molecular weight excluding hydrogens is 419 g/mol. The van der Waals surface area contributed by atoms with Gasteiger partial charge in [-0.25, -0.2) is 4.39 Å². The molecule has 3 aromatic heterocycles. The van der Waals surface area contributed by atoms with Crippen molar-refractivity contribution >= 4 is 22.5 Å². The van der Waals surface area contributed by atoms with Gasteiger partial charge in [0.2, 0.25) is 5.91 Å². The summed E-state index contributed by atoms with van der Waals surface area (Å²) in [5, 5.41) is 15.4. The van der Waals surface area contributed by atoms with Crippen LogP contribution in [0.4, 0.5) is 10.1 Å². The Morgan fingerprint density at radius 1 is 1.18 bits per heavy atom. The van der Waals surface area contributed by atoms with Gasteiger partial charge in [0, 0.05) is 11.6 Å². The predicted molar refractivity (Wildman–Crippen MR) is 126 cm³/mol. The molecule has 0 unspecified atom stereocenters. The van der Waals surface area contributed by atoms with Crippen LogP contribution in [0.5, 0.6) is 0 Å². The molecule has 1 aliphatic rings. The Labute approximate surface area is 191 Å². The first-order chi connectivity index (χ1) is 15.9. The summed E-state index contributed by atoms with van der Waals surface area (Å²) in [6.45, 7) is 3.18. The average Bonchev–Trinajstić information content (AvgIpc) is 3.54. The van der Waals surface area contributed by atoms with E-state index in [-0.39, 0.29) is 12.5 Å². The zero-order chi connectivity index (χ0) is 23.1. The number of benzene rings is 1. The lowest BCUT2D eigenvalue weighted by Crippen LogP contribution is -2.38. The summed E-state index contributed by atoms with van der Waals surface area (Å²) in [6, 6.07) is 11.8. The highest BCUT2D eigenvalue weighted by atomic mass is 19.1. The maximum atomic E-state index is 14.2. The summed E-state index contributed by atoms with van der Waals surface area (Å²) in [5.41, 5.74) is 1.66. The number of aromatic nitrogens is 5. The Morgan fingerprint density at radius 2 is 1.94 bits per heavy atom. The van der Waals surface area contributed by atoms with Crippen LogP contribution in [0, 0.1) is 0 Å². The van der Waals surface area contributed by atoms with Crippen molar-refractivity contribution in [2.45, 2.75) is 57.2 Å². The minimum absolute atomic E-state index is 0.0286. The fourth-order valence-corrected chi connectivity index (χ4v) is 4.79. The van der Waals surface area contributed by atoms with Gasteiger partial charge < -0.3 is 5.32 Å². The monoisotopic (exact) mass is 446 g/mol. The van der Waals surface area contributed by atoms with Crippen LogP contribution in [0.25, 0.3) is 22.3 Å². The molecule has 1 fully saturated rings. The summed E-state index contributed by atoms with van der Waals surface area (Å²) >= 11 is 0. The van der Waals surface area contributed by atoms with Crippen LogP contribution in [0.2, 0.25) is 0 Å². The van der Waals surface area contributed by atoms with Crippen molar-refractivity contribution in [1.82, 2.24) is 25.0 Å². The molecule has 170 valence electrons. The lowest BCUT2D eigenvalue weighted by Gasteiger charge is -2.28. The van der Waals surface area contributed by atoms with E-state index >= 15 is 0 Å². The van der Waals surface area contributed by atoms with Crippen molar-refractivity contribution in [1.29, 1.82) is 0 Å². The third kappa shape index (κ3) is 4.01. The number of aromatic amines is 1. The van der Waals surface area contributed by atoms with Gasteiger partial charge in [0.1, 0.15) is 11.4 Å². The van der Waals surface area contributed by atoms with Crippen molar-refractivity contribution in [3.63, 3.8) is 0 Å². The van der Waals surface area contributed by atoms with E-state index in [0.29, 0.717) is 17.1 Å². The zero-order valence-corrected chi connectivity index (χ0v) is 18.8. The smallest absolute Gasteiger partial charge is 0.235 e. The van der Waals surface area contributed by atoms with Crippen molar-refractivity contribution in [3.05, 3.63) is 60.6 Å². The summed E-state index contributed by atoms with van der Waals surface area (Å²) in [7, 11) is 0. The zero-order valence-electron chi connectivity index (χ0n) is 18.8. The number of hydrogen-bond donors (Lipinski definition) is 2. The first-order valence-corrected chi connectivity index (χ1v) is 11.3. The number of hydrogen-bond acceptors (Lipinski definition) is 4. The first-order valence-electron chi connectivity index (χ1n) is 11.3. The van der Waals surface area contributed by atoms with Crippen LogP contribution in [-0.2, 0) is 16.8 Å². The number of nitrogens with one attached hydrogen (secondary N) is 2. The minimum Gasteiger partial charge on any atom is -0.322 e. The molecule has 0 aliphatic heterocycles. The van der Waals surface area contributed by atoms with Crippen LogP contribution >= 0.6 is 0 Å². The van der Waals surface area contributed by atoms with Gasteiger partial charge in [-0.2, -0.15) is 10.2 Å². The van der Waals surface area contributed by atoms with E-state index in [0.717, 1.165) is 42.1 Å². The number of H-pyrrole nitrogens is 1. The molecule has 0 atom stereocenters. The van der Waals surface area contributed by atoms with Gasteiger partial charge in [0.05, 0.1) is 41.3 Å². The number of alkyl halides is 1. The number of anilines is 1. The molecule has 0 saturated heterocycles. The second-order valence-electron chi connectivity index (χ2n) is 9.42. The van der Waals surface area contributed by atoms with Gasteiger partial charge >= 0.3 is 0 Å². The van der Waals surface area contributed by atoms with Crippen molar-refractivity contribution in [2.75, 3.05) is 5.32 Å². The molecule has 0 spiro atoms. The van der Waals surface area contributed by atoms with E-state index in [4.69, 9.17) is 0 Å². The normalized spacial score (nSPS) is 15.7. The maximum Gasteiger partial charge on any atom is 0.235 e. The fraction of sp³-hybridized carbons (Fsp3) is 0.360. The number of halogens is 1. The first kappa shape index (κ1) is 21.3. The Morgan fingerprint density at radius 3 is 2.67 bits per heavy atom. The molecular formula is C25H27FN6O. The second kappa shape index (κ2) is 8.10. The van der Waals surface area contributed by atoms with Gasteiger partial charge in [0.15, 0.2) is 0 Å². The molecule has 5 rings (SSSR count). The number of pyridine rings is 1. The molecule has 0 bridgehead atoms. The number of nitrogens with zero attached hydrogens (tertiary/aromatic N) is 4. The number of amides is 1. The van der Waals surface area contributed by atoms with Crippen LogP contribution < -0.4 is 5.32 Å². The van der Waals surface area contributed by atoms with Gasteiger partial charge in [-0.1, -0.05) is 43.2 Å². The highest BCUT2D eigenvalue weighted by molar-refractivity contribution is 6.01.